The van der Waals surface area contributed by atoms with Gasteiger partial charge in [-0.2, -0.15) is 0 Å². The zero-order valence-electron chi connectivity index (χ0n) is 14.2. The van der Waals surface area contributed by atoms with E-state index in [2.05, 4.69) is 5.32 Å². The van der Waals surface area contributed by atoms with Crippen LogP contribution in [-0.2, 0) is 16.1 Å². The van der Waals surface area contributed by atoms with Crippen molar-refractivity contribution in [2.24, 2.45) is 0 Å². The first-order chi connectivity index (χ1) is 12.2. The third-order valence-electron chi connectivity index (χ3n) is 4.28. The summed E-state index contributed by atoms with van der Waals surface area (Å²) >= 11 is 0. The van der Waals surface area contributed by atoms with Crippen LogP contribution in [0.5, 0.6) is 0 Å². The van der Waals surface area contributed by atoms with Gasteiger partial charge in [0, 0.05) is 18.8 Å². The van der Waals surface area contributed by atoms with Crippen molar-refractivity contribution in [1.82, 2.24) is 10.2 Å². The Hall–Kier alpha value is -2.76. The summed E-state index contributed by atoms with van der Waals surface area (Å²) in [6, 6.07) is 13.4. The second-order valence-electron chi connectivity index (χ2n) is 6.14. The maximum atomic E-state index is 12.3. The fourth-order valence-electron chi connectivity index (χ4n) is 2.95. The molecule has 1 aromatic heterocycles. The molecule has 2 aromatic rings. The van der Waals surface area contributed by atoms with Gasteiger partial charge in [0.15, 0.2) is 0 Å². The normalized spacial score (nSPS) is 13.7. The van der Waals surface area contributed by atoms with E-state index in [9.17, 15) is 9.59 Å². The molecule has 0 spiro atoms. The first-order valence-electron chi connectivity index (χ1n) is 8.59. The van der Waals surface area contributed by atoms with Gasteiger partial charge in [-0.15, -0.1) is 0 Å². The Kier molecular flexibility index (Phi) is 5.72. The minimum atomic E-state index is -0.178. The monoisotopic (exact) mass is 341 g/mol. The van der Waals surface area contributed by atoms with E-state index in [0.29, 0.717) is 6.54 Å². The summed E-state index contributed by atoms with van der Waals surface area (Å²) in [4.78, 5) is 28.1. The summed E-state index contributed by atoms with van der Waals surface area (Å²) in [7, 11) is 0. The van der Waals surface area contributed by atoms with Crippen molar-refractivity contribution in [3.05, 3.63) is 54.5 Å². The quantitative estimate of drug-likeness (QED) is 0.837. The molecule has 3 rings (SSSR count). The van der Waals surface area contributed by atoms with Gasteiger partial charge in [0.05, 0.1) is 25.9 Å². The van der Waals surface area contributed by atoms with Gasteiger partial charge in [0.25, 0.3) is 0 Å². The summed E-state index contributed by atoms with van der Waals surface area (Å²) in [5.74, 6) is 0.593. The van der Waals surface area contributed by atoms with E-state index < -0.39 is 0 Å². The fourth-order valence-corrected chi connectivity index (χ4v) is 2.95. The molecule has 1 saturated heterocycles. The van der Waals surface area contributed by atoms with Crippen LogP contribution in [-0.4, -0.2) is 42.9 Å². The molecule has 0 bridgehead atoms. The molecule has 2 heterocycles. The molecule has 2 amide bonds. The van der Waals surface area contributed by atoms with E-state index in [0.717, 1.165) is 37.4 Å². The summed E-state index contributed by atoms with van der Waals surface area (Å²) in [5, 5.41) is 2.74. The third kappa shape index (κ3) is 4.86. The predicted molar refractivity (Wildman–Crippen MR) is 95.0 cm³/mol. The van der Waals surface area contributed by atoms with Gasteiger partial charge < -0.3 is 19.5 Å². The third-order valence-corrected chi connectivity index (χ3v) is 4.28. The van der Waals surface area contributed by atoms with Crippen molar-refractivity contribution < 1.29 is 14.0 Å². The molecule has 1 fully saturated rings. The molecular formula is C19H23N3O3. The maximum Gasteiger partial charge on any atom is 0.241 e. The molecule has 0 atom stereocenters. The van der Waals surface area contributed by atoms with Crippen molar-refractivity contribution in [3.8, 4) is 0 Å². The summed E-state index contributed by atoms with van der Waals surface area (Å²) in [5.41, 5.74) is 0.930. The largest absolute Gasteiger partial charge is 0.467 e. The van der Waals surface area contributed by atoms with E-state index in [1.54, 1.807) is 11.2 Å². The number of amides is 2. The van der Waals surface area contributed by atoms with Gasteiger partial charge in [0.2, 0.25) is 11.8 Å². The number of carbonyl (C=O) groups is 2. The second kappa shape index (κ2) is 8.37. The average Bonchev–Trinajstić information content (AvgIpc) is 3.34. The molecular weight excluding hydrogens is 318 g/mol. The smallest absolute Gasteiger partial charge is 0.241 e. The highest BCUT2D eigenvalue weighted by Gasteiger charge is 2.19. The SMILES string of the molecule is O=C(CN(Cc1ccco1)c1ccccc1)NCC(=O)N1CCCC1. The second-order valence-corrected chi connectivity index (χ2v) is 6.14. The Morgan fingerprint density at radius 2 is 1.84 bits per heavy atom. The number of nitrogens with zero attached hydrogens (tertiary/aromatic N) is 2. The zero-order valence-corrected chi connectivity index (χ0v) is 14.2. The highest BCUT2D eigenvalue weighted by Crippen LogP contribution is 2.16. The van der Waals surface area contributed by atoms with Crippen molar-refractivity contribution in [2.45, 2.75) is 19.4 Å². The standard InChI is InChI=1S/C19H23N3O3/c23-18(20-13-19(24)21-10-4-5-11-21)15-22(14-17-9-6-12-25-17)16-7-2-1-3-8-16/h1-3,6-9,12H,4-5,10-11,13-15H2,(H,20,23). The number of nitrogens with one attached hydrogen (secondary N) is 1. The van der Waals surface area contributed by atoms with Crippen LogP contribution >= 0.6 is 0 Å². The lowest BCUT2D eigenvalue weighted by molar-refractivity contribution is -0.131. The first-order valence-corrected chi connectivity index (χ1v) is 8.59. The molecule has 25 heavy (non-hydrogen) atoms. The topological polar surface area (TPSA) is 65.8 Å². The fraction of sp³-hybridized carbons (Fsp3) is 0.368. The first kappa shape index (κ1) is 17.1. The van der Waals surface area contributed by atoms with Gasteiger partial charge >= 0.3 is 0 Å². The maximum absolute atomic E-state index is 12.3. The average molecular weight is 341 g/mol. The Labute approximate surface area is 147 Å². The lowest BCUT2D eigenvalue weighted by atomic mass is 10.2. The highest BCUT2D eigenvalue weighted by atomic mass is 16.3. The minimum absolute atomic E-state index is 0.0110. The van der Waals surface area contributed by atoms with Gasteiger partial charge in [-0.1, -0.05) is 18.2 Å². The molecule has 0 saturated carbocycles. The van der Waals surface area contributed by atoms with Crippen molar-refractivity contribution in [1.29, 1.82) is 0 Å². The minimum Gasteiger partial charge on any atom is -0.467 e. The van der Waals surface area contributed by atoms with Crippen LogP contribution < -0.4 is 10.2 Å². The molecule has 1 N–H and O–H groups in total. The summed E-state index contributed by atoms with van der Waals surface area (Å²) in [6.45, 7) is 2.30. The van der Waals surface area contributed by atoms with E-state index in [-0.39, 0.29) is 24.9 Å². The van der Waals surface area contributed by atoms with Gasteiger partial charge in [-0.3, -0.25) is 9.59 Å². The zero-order chi connectivity index (χ0) is 17.5. The van der Waals surface area contributed by atoms with E-state index in [1.165, 1.54) is 0 Å². The molecule has 0 aliphatic carbocycles. The predicted octanol–water partition coefficient (Wildman–Crippen LogP) is 2.02. The van der Waals surface area contributed by atoms with E-state index in [4.69, 9.17) is 4.42 Å². The summed E-state index contributed by atoms with van der Waals surface area (Å²) < 4.78 is 5.40. The Morgan fingerprint density at radius 1 is 1.08 bits per heavy atom. The van der Waals surface area contributed by atoms with Gasteiger partial charge in [-0.25, -0.2) is 0 Å². The number of furan rings is 1. The number of carbonyl (C=O) groups excluding carboxylic acids is 2. The van der Waals surface area contributed by atoms with Gasteiger partial charge in [0.1, 0.15) is 5.76 Å². The van der Waals surface area contributed by atoms with Crippen LogP contribution in [0.15, 0.2) is 53.1 Å². The number of likely N-dealkylation sites (tertiary alicyclic amines) is 1. The molecule has 132 valence electrons. The highest BCUT2D eigenvalue weighted by molar-refractivity contribution is 5.87. The number of anilines is 1. The lowest BCUT2D eigenvalue weighted by Crippen LogP contribution is -2.42. The number of hydrogen-bond donors (Lipinski definition) is 1. The number of rotatable bonds is 7. The molecule has 0 unspecified atom stereocenters. The van der Waals surface area contributed by atoms with Gasteiger partial charge in [-0.05, 0) is 37.1 Å². The van der Waals surface area contributed by atoms with E-state index >= 15 is 0 Å². The molecule has 1 aliphatic heterocycles. The Bertz CT molecular complexity index is 679. The van der Waals surface area contributed by atoms with E-state index in [1.807, 2.05) is 47.4 Å². The van der Waals surface area contributed by atoms with Crippen molar-refractivity contribution in [3.63, 3.8) is 0 Å². The van der Waals surface area contributed by atoms with Crippen LogP contribution in [0.3, 0.4) is 0 Å². The molecule has 1 aromatic carbocycles. The summed E-state index contributed by atoms with van der Waals surface area (Å²) in [6.07, 6.45) is 3.71. The van der Waals surface area contributed by atoms with Crippen LogP contribution in [0.2, 0.25) is 0 Å². The van der Waals surface area contributed by atoms with Crippen molar-refractivity contribution >= 4 is 17.5 Å². The van der Waals surface area contributed by atoms with Crippen LogP contribution in [0.4, 0.5) is 5.69 Å². The van der Waals surface area contributed by atoms with Crippen LogP contribution in [0, 0.1) is 0 Å². The molecule has 0 radical (unpaired) electrons. The number of benzene rings is 1. The molecule has 1 aliphatic rings. The Morgan fingerprint density at radius 3 is 2.52 bits per heavy atom. The molecule has 6 heteroatoms. The number of hydrogen-bond acceptors (Lipinski definition) is 4. The lowest BCUT2D eigenvalue weighted by Gasteiger charge is -2.23. The van der Waals surface area contributed by atoms with Crippen molar-refractivity contribution in [2.75, 3.05) is 31.1 Å². The van der Waals surface area contributed by atoms with Crippen LogP contribution in [0.1, 0.15) is 18.6 Å². The van der Waals surface area contributed by atoms with Crippen LogP contribution in [0.25, 0.3) is 0 Å². The molecule has 6 nitrogen and oxygen atoms in total. The Balaban J connectivity index is 1.57. The number of para-hydroxylation sites is 1.